The number of fused-ring (bicyclic) bond motifs is 2. The first-order valence-corrected chi connectivity index (χ1v) is 12.8. The van der Waals surface area contributed by atoms with E-state index < -0.39 is 5.91 Å². The average Bonchev–Trinajstić information content (AvgIpc) is 3.38. The van der Waals surface area contributed by atoms with E-state index in [1.165, 1.54) is 22.3 Å². The first kappa shape index (κ1) is 24.1. The monoisotopic (exact) mass is 499 g/mol. The highest BCUT2D eigenvalue weighted by molar-refractivity contribution is 8.27. The molecule has 184 valence electrons. The summed E-state index contributed by atoms with van der Waals surface area (Å²) in [6, 6.07) is 14.3. The fraction of sp³-hybridized carbons (Fsp3) is 0.286. The fourth-order valence-corrected chi connectivity index (χ4v) is 5.41. The first-order chi connectivity index (χ1) is 17.2. The molecule has 5 rings (SSSR count). The number of carbonyl (C=O) groups excluding carboxylic acids is 1. The molecule has 0 saturated heterocycles. The quantitative estimate of drug-likeness (QED) is 0.427. The Labute approximate surface area is 215 Å². The molecule has 36 heavy (non-hydrogen) atoms. The van der Waals surface area contributed by atoms with Crippen molar-refractivity contribution in [2.45, 2.75) is 41.2 Å². The lowest BCUT2D eigenvalue weighted by Gasteiger charge is -2.20. The fourth-order valence-electron chi connectivity index (χ4n) is 4.52. The molecule has 0 spiro atoms. The number of aryl methyl sites for hydroxylation is 2. The first-order valence-electron chi connectivity index (χ1n) is 12.0. The molecule has 0 bridgehead atoms. The lowest BCUT2D eigenvalue weighted by Crippen LogP contribution is -2.35. The minimum Gasteiger partial charge on any atom is -0.491 e. The number of hydrogen-bond donors (Lipinski definition) is 1. The van der Waals surface area contributed by atoms with Crippen LogP contribution in [0, 0.1) is 32.1 Å². The van der Waals surface area contributed by atoms with Gasteiger partial charge >= 0.3 is 0 Å². The third-order valence-electron chi connectivity index (χ3n) is 6.44. The Kier molecular flexibility index (Phi) is 6.30. The number of aliphatic imine (C=N–C) groups is 1. The number of hydrazone groups is 1. The van der Waals surface area contributed by atoms with Crippen LogP contribution in [0.15, 0.2) is 58.1 Å². The lowest BCUT2D eigenvalue weighted by molar-refractivity contribution is -0.114. The van der Waals surface area contributed by atoms with E-state index in [-0.39, 0.29) is 17.3 Å². The molecule has 1 aromatic heterocycles. The second kappa shape index (κ2) is 9.43. The summed E-state index contributed by atoms with van der Waals surface area (Å²) in [6.45, 7) is 11.4. The van der Waals surface area contributed by atoms with Gasteiger partial charge in [-0.1, -0.05) is 49.7 Å². The molecule has 1 amide bonds. The van der Waals surface area contributed by atoms with Crippen LogP contribution in [0.5, 0.6) is 5.75 Å². The topological polar surface area (TPSA) is 83.0 Å². The van der Waals surface area contributed by atoms with Crippen LogP contribution in [0.2, 0.25) is 0 Å². The van der Waals surface area contributed by atoms with Gasteiger partial charge in [0.1, 0.15) is 17.4 Å². The SMILES string of the molecule is Cc1ccc(OCCn2c(C)c(/C=C3/C(=N)N4N=C(C(C)C)SC4=NC3=O)c3ccccc32)c(C)c1. The molecular formula is C28H29N5O2S. The van der Waals surface area contributed by atoms with E-state index in [1.54, 1.807) is 6.08 Å². The van der Waals surface area contributed by atoms with Crippen LogP contribution in [-0.4, -0.2) is 38.1 Å². The van der Waals surface area contributed by atoms with Crippen molar-refractivity contribution in [3.05, 3.63) is 70.4 Å². The molecule has 3 aromatic rings. The molecule has 0 aliphatic carbocycles. The Morgan fingerprint density at radius 1 is 1.14 bits per heavy atom. The number of ether oxygens (including phenoxy) is 1. The van der Waals surface area contributed by atoms with Gasteiger partial charge in [-0.3, -0.25) is 10.2 Å². The zero-order valence-electron chi connectivity index (χ0n) is 21.1. The van der Waals surface area contributed by atoms with Crippen molar-refractivity contribution in [1.29, 1.82) is 5.41 Å². The Morgan fingerprint density at radius 3 is 2.67 bits per heavy atom. The summed E-state index contributed by atoms with van der Waals surface area (Å²) in [4.78, 5) is 17.2. The number of amides is 1. The highest BCUT2D eigenvalue weighted by Gasteiger charge is 2.36. The lowest BCUT2D eigenvalue weighted by atomic mass is 10.1. The molecule has 8 heteroatoms. The van der Waals surface area contributed by atoms with Gasteiger partial charge in [-0.05, 0) is 56.3 Å². The van der Waals surface area contributed by atoms with Crippen molar-refractivity contribution in [2.75, 3.05) is 6.61 Å². The molecule has 0 atom stereocenters. The van der Waals surface area contributed by atoms with Crippen molar-refractivity contribution < 1.29 is 9.53 Å². The average molecular weight is 500 g/mol. The van der Waals surface area contributed by atoms with Crippen LogP contribution in [0.3, 0.4) is 0 Å². The number of hydrogen-bond acceptors (Lipinski definition) is 5. The molecule has 2 aliphatic heterocycles. The number of aromatic nitrogens is 1. The summed E-state index contributed by atoms with van der Waals surface area (Å²) in [5.41, 5.74) is 5.54. The predicted octanol–water partition coefficient (Wildman–Crippen LogP) is 5.92. The number of amidine groups is 2. The molecule has 0 radical (unpaired) electrons. The summed E-state index contributed by atoms with van der Waals surface area (Å²) >= 11 is 1.36. The number of nitrogens with one attached hydrogen (secondary N) is 1. The second-order valence-electron chi connectivity index (χ2n) is 9.40. The van der Waals surface area contributed by atoms with Crippen molar-refractivity contribution in [2.24, 2.45) is 16.0 Å². The largest absolute Gasteiger partial charge is 0.491 e. The van der Waals surface area contributed by atoms with E-state index in [0.717, 1.165) is 38.5 Å². The molecular weight excluding hydrogens is 470 g/mol. The van der Waals surface area contributed by atoms with Crippen molar-refractivity contribution in [1.82, 2.24) is 9.58 Å². The van der Waals surface area contributed by atoms with E-state index >= 15 is 0 Å². The van der Waals surface area contributed by atoms with Crippen molar-refractivity contribution in [3.8, 4) is 5.75 Å². The number of carbonyl (C=O) groups is 1. The number of rotatable bonds is 6. The van der Waals surface area contributed by atoms with Crippen molar-refractivity contribution in [3.63, 3.8) is 0 Å². The normalized spacial score (nSPS) is 16.7. The van der Waals surface area contributed by atoms with Crippen LogP contribution in [0.1, 0.15) is 36.2 Å². The molecule has 0 fully saturated rings. The summed E-state index contributed by atoms with van der Waals surface area (Å²) < 4.78 is 8.31. The van der Waals surface area contributed by atoms with Gasteiger partial charge in [0.25, 0.3) is 5.91 Å². The molecule has 2 aliphatic rings. The Hall–Kier alpha value is -3.65. The smallest absolute Gasteiger partial charge is 0.283 e. The number of nitrogens with zero attached hydrogens (tertiary/aromatic N) is 4. The number of benzene rings is 2. The van der Waals surface area contributed by atoms with Crippen LogP contribution in [-0.2, 0) is 11.3 Å². The molecule has 0 unspecified atom stereocenters. The minimum atomic E-state index is -0.409. The Morgan fingerprint density at radius 2 is 1.92 bits per heavy atom. The molecule has 2 aromatic carbocycles. The molecule has 3 heterocycles. The van der Waals surface area contributed by atoms with E-state index in [0.29, 0.717) is 18.3 Å². The van der Waals surface area contributed by atoms with Crippen molar-refractivity contribution >= 4 is 50.7 Å². The van der Waals surface area contributed by atoms with Crippen LogP contribution in [0.4, 0.5) is 0 Å². The van der Waals surface area contributed by atoms with Gasteiger partial charge in [-0.15, -0.1) is 0 Å². The van der Waals surface area contributed by atoms with Gasteiger partial charge in [0.15, 0.2) is 5.84 Å². The van der Waals surface area contributed by atoms with Gasteiger partial charge in [0.05, 0.1) is 12.1 Å². The van der Waals surface area contributed by atoms with E-state index in [1.807, 2.05) is 45.0 Å². The van der Waals surface area contributed by atoms with E-state index in [2.05, 4.69) is 46.7 Å². The summed E-state index contributed by atoms with van der Waals surface area (Å²) in [6.07, 6.45) is 1.79. The van der Waals surface area contributed by atoms with Gasteiger partial charge in [0.2, 0.25) is 5.17 Å². The third-order valence-corrected chi connectivity index (χ3v) is 7.64. The Bertz CT molecular complexity index is 1500. The zero-order chi connectivity index (χ0) is 25.6. The molecule has 1 N–H and O–H groups in total. The van der Waals surface area contributed by atoms with Crippen LogP contribution in [0.25, 0.3) is 17.0 Å². The molecule has 0 saturated carbocycles. The number of thioether (sulfide) groups is 1. The Balaban J connectivity index is 1.47. The highest BCUT2D eigenvalue weighted by Crippen LogP contribution is 2.33. The zero-order valence-corrected chi connectivity index (χ0v) is 21.9. The van der Waals surface area contributed by atoms with Gasteiger partial charge in [0, 0.05) is 28.1 Å². The maximum Gasteiger partial charge on any atom is 0.283 e. The maximum atomic E-state index is 13.0. The van der Waals surface area contributed by atoms with Gasteiger partial charge in [-0.2, -0.15) is 15.1 Å². The van der Waals surface area contributed by atoms with E-state index in [9.17, 15) is 4.79 Å². The highest BCUT2D eigenvalue weighted by atomic mass is 32.2. The van der Waals surface area contributed by atoms with Gasteiger partial charge in [-0.25, -0.2) is 0 Å². The second-order valence-corrected chi connectivity index (χ2v) is 10.4. The molecule has 7 nitrogen and oxygen atoms in total. The summed E-state index contributed by atoms with van der Waals surface area (Å²) in [5, 5.41) is 17.0. The minimum absolute atomic E-state index is 0.0579. The van der Waals surface area contributed by atoms with Crippen LogP contribution >= 0.6 is 11.8 Å². The maximum absolute atomic E-state index is 13.0. The summed E-state index contributed by atoms with van der Waals surface area (Å²) in [5.74, 6) is 0.734. The standard InChI is InChI=1S/C28H29N5O2S/c1-16(2)27-31-33-25(29)22(26(34)30-28(33)36-27)15-21-19(5)32(23-9-7-6-8-20(21)23)12-13-35-24-11-10-17(3)14-18(24)4/h6-11,14-16,29H,12-13H2,1-5H3/b22-15-,29-25?. The summed E-state index contributed by atoms with van der Waals surface area (Å²) in [7, 11) is 0. The van der Waals surface area contributed by atoms with E-state index in [4.69, 9.17) is 10.1 Å². The van der Waals surface area contributed by atoms with Crippen LogP contribution < -0.4 is 4.74 Å². The number of para-hydroxylation sites is 1. The third kappa shape index (κ3) is 4.26. The predicted molar refractivity (Wildman–Crippen MR) is 148 cm³/mol. The van der Waals surface area contributed by atoms with Gasteiger partial charge < -0.3 is 9.30 Å².